The molecule has 3 aromatic heterocycles. The van der Waals surface area contributed by atoms with Crippen molar-refractivity contribution in [1.82, 2.24) is 14.6 Å². The van der Waals surface area contributed by atoms with Crippen molar-refractivity contribution < 1.29 is 4.42 Å². The molecule has 4 nitrogen and oxygen atoms in total. The van der Waals surface area contributed by atoms with E-state index in [1.165, 1.54) is 10.9 Å². The highest BCUT2D eigenvalue weighted by Gasteiger charge is 2.21. The Balaban J connectivity index is 1.38. The normalized spacial score (nSPS) is 12.3. The summed E-state index contributed by atoms with van der Waals surface area (Å²) in [5.41, 5.74) is 7.20. The second-order valence-electron chi connectivity index (χ2n) is 10.4. The predicted octanol–water partition coefficient (Wildman–Crippen LogP) is 8.41. The van der Waals surface area contributed by atoms with E-state index >= 15 is 0 Å². The van der Waals surface area contributed by atoms with Crippen molar-refractivity contribution in [2.45, 2.75) is 26.2 Å². The molecule has 0 bridgehead atoms. The molecule has 0 saturated heterocycles. The summed E-state index contributed by atoms with van der Waals surface area (Å²) in [7, 11) is 0. The van der Waals surface area contributed by atoms with E-state index in [9.17, 15) is 0 Å². The van der Waals surface area contributed by atoms with Crippen molar-refractivity contribution in [3.8, 4) is 22.5 Å². The first-order chi connectivity index (χ1) is 17.5. The van der Waals surface area contributed by atoms with Crippen LogP contribution in [0.5, 0.6) is 0 Å². The van der Waals surface area contributed by atoms with Crippen molar-refractivity contribution >= 4 is 38.4 Å². The number of nitrogens with zero attached hydrogens (tertiary/aromatic N) is 3. The van der Waals surface area contributed by atoms with Crippen LogP contribution in [-0.2, 0) is 5.41 Å². The molecule has 36 heavy (non-hydrogen) atoms. The number of aromatic nitrogens is 3. The number of hydrogen-bond donors (Lipinski definition) is 0. The highest BCUT2D eigenvalue weighted by atomic mass is 16.3. The molecule has 7 rings (SSSR count). The van der Waals surface area contributed by atoms with E-state index in [1.54, 1.807) is 0 Å². The van der Waals surface area contributed by atoms with Crippen molar-refractivity contribution in [3.63, 3.8) is 0 Å². The van der Waals surface area contributed by atoms with E-state index in [0.717, 1.165) is 55.5 Å². The maximum atomic E-state index is 6.26. The summed E-state index contributed by atoms with van der Waals surface area (Å²) in [6, 6.07) is 31.5. The SMILES string of the molecule is CC(C)(C)c1cn2c(-c3ccc(-c4cccc5c4oc4ccccc45)cc3)nnc2c2ccccc12. The number of rotatable bonds is 2. The van der Waals surface area contributed by atoms with Gasteiger partial charge in [0.1, 0.15) is 11.2 Å². The van der Waals surface area contributed by atoms with Gasteiger partial charge in [-0.25, -0.2) is 0 Å². The van der Waals surface area contributed by atoms with Gasteiger partial charge in [0, 0.05) is 33.5 Å². The van der Waals surface area contributed by atoms with Crippen molar-refractivity contribution in [2.75, 3.05) is 0 Å². The highest BCUT2D eigenvalue weighted by molar-refractivity contribution is 6.09. The van der Waals surface area contributed by atoms with Gasteiger partial charge in [-0.05, 0) is 28.0 Å². The maximum Gasteiger partial charge on any atom is 0.168 e. The zero-order valence-corrected chi connectivity index (χ0v) is 20.5. The van der Waals surface area contributed by atoms with Crippen molar-refractivity contribution in [3.05, 3.63) is 103 Å². The molecule has 0 spiro atoms. The van der Waals surface area contributed by atoms with Gasteiger partial charge >= 0.3 is 0 Å². The second-order valence-corrected chi connectivity index (χ2v) is 10.4. The van der Waals surface area contributed by atoms with Crippen LogP contribution < -0.4 is 0 Å². The van der Waals surface area contributed by atoms with Gasteiger partial charge in [0.25, 0.3) is 0 Å². The Morgan fingerprint density at radius 3 is 2.08 bits per heavy atom. The molecular weight excluding hydrogens is 442 g/mol. The topological polar surface area (TPSA) is 43.3 Å². The first-order valence-electron chi connectivity index (χ1n) is 12.3. The monoisotopic (exact) mass is 467 g/mol. The summed E-state index contributed by atoms with van der Waals surface area (Å²) in [5, 5.41) is 13.8. The fourth-order valence-electron chi connectivity index (χ4n) is 5.28. The minimum Gasteiger partial charge on any atom is -0.455 e. The lowest BCUT2D eigenvalue weighted by atomic mass is 9.85. The lowest BCUT2D eigenvalue weighted by Gasteiger charge is -2.22. The fraction of sp³-hybridized carbons (Fsp3) is 0.125. The molecule has 0 fully saturated rings. The third-order valence-electron chi connectivity index (χ3n) is 7.08. The minimum atomic E-state index is -0.00947. The van der Waals surface area contributed by atoms with Gasteiger partial charge < -0.3 is 4.42 Å². The van der Waals surface area contributed by atoms with Gasteiger partial charge in [-0.2, -0.15) is 0 Å². The van der Waals surface area contributed by atoms with Crippen LogP contribution in [0.4, 0.5) is 0 Å². The zero-order valence-electron chi connectivity index (χ0n) is 20.5. The summed E-state index contributed by atoms with van der Waals surface area (Å²) >= 11 is 0. The quantitative estimate of drug-likeness (QED) is 0.256. The zero-order chi connectivity index (χ0) is 24.4. The Morgan fingerprint density at radius 2 is 1.31 bits per heavy atom. The van der Waals surface area contributed by atoms with Gasteiger partial charge in [0.05, 0.1) is 0 Å². The van der Waals surface area contributed by atoms with Gasteiger partial charge in [0.2, 0.25) is 0 Å². The lowest BCUT2D eigenvalue weighted by molar-refractivity contribution is 0.592. The summed E-state index contributed by atoms with van der Waals surface area (Å²) in [6.45, 7) is 6.74. The van der Waals surface area contributed by atoms with Crippen LogP contribution in [0.25, 0.3) is 60.9 Å². The number of para-hydroxylation sites is 2. The Bertz CT molecular complexity index is 1920. The van der Waals surface area contributed by atoms with E-state index in [2.05, 4.69) is 120 Å². The second kappa shape index (κ2) is 7.53. The van der Waals surface area contributed by atoms with Gasteiger partial charge in [0.15, 0.2) is 11.5 Å². The molecule has 0 aliphatic carbocycles. The summed E-state index contributed by atoms with van der Waals surface area (Å²) in [5.74, 6) is 0.842. The minimum absolute atomic E-state index is 0.00947. The third kappa shape index (κ3) is 3.07. The molecular formula is C32H25N3O. The number of hydrogen-bond acceptors (Lipinski definition) is 3. The van der Waals surface area contributed by atoms with Crippen molar-refractivity contribution in [1.29, 1.82) is 0 Å². The molecule has 0 aliphatic rings. The molecule has 4 aromatic carbocycles. The maximum absolute atomic E-state index is 6.26. The van der Waals surface area contributed by atoms with E-state index in [4.69, 9.17) is 4.42 Å². The third-order valence-corrected chi connectivity index (χ3v) is 7.08. The van der Waals surface area contributed by atoms with Crippen LogP contribution in [0, 0.1) is 0 Å². The van der Waals surface area contributed by atoms with Crippen LogP contribution >= 0.6 is 0 Å². The van der Waals surface area contributed by atoms with Crippen molar-refractivity contribution in [2.24, 2.45) is 0 Å². The molecule has 0 unspecified atom stereocenters. The molecule has 0 amide bonds. The number of furan rings is 1. The largest absolute Gasteiger partial charge is 0.455 e. The number of fused-ring (bicyclic) bond motifs is 6. The van der Waals surface area contributed by atoms with Gasteiger partial charge in [-0.15, -0.1) is 10.2 Å². The lowest BCUT2D eigenvalue weighted by Crippen LogP contribution is -2.13. The molecule has 0 atom stereocenters. The van der Waals surface area contributed by atoms with Gasteiger partial charge in [-0.1, -0.05) is 106 Å². The van der Waals surface area contributed by atoms with E-state index in [0.29, 0.717) is 0 Å². The first kappa shape index (κ1) is 20.9. The average molecular weight is 468 g/mol. The Kier molecular flexibility index (Phi) is 4.37. The smallest absolute Gasteiger partial charge is 0.168 e. The standard InChI is InChI=1S/C32H25N3O/c1-32(2,3)27-19-35-30(33-34-31(35)26-11-5-4-9-23(26)27)21-17-15-20(16-18-21)22-12-8-13-25-24-10-6-7-14-28(24)36-29(22)25/h4-19H,1-3H3. The number of pyridine rings is 1. The highest BCUT2D eigenvalue weighted by Crippen LogP contribution is 2.37. The Morgan fingerprint density at radius 1 is 0.639 bits per heavy atom. The molecule has 0 saturated carbocycles. The van der Waals surface area contributed by atoms with Crippen LogP contribution in [0.2, 0.25) is 0 Å². The van der Waals surface area contributed by atoms with Crippen LogP contribution in [0.15, 0.2) is 102 Å². The van der Waals surface area contributed by atoms with E-state index in [1.807, 2.05) is 12.1 Å². The van der Waals surface area contributed by atoms with Crippen LogP contribution in [-0.4, -0.2) is 14.6 Å². The Hall–Kier alpha value is -4.44. The van der Waals surface area contributed by atoms with Gasteiger partial charge in [-0.3, -0.25) is 4.40 Å². The Labute approximate surface area is 208 Å². The van der Waals surface area contributed by atoms with Crippen LogP contribution in [0.3, 0.4) is 0 Å². The summed E-state index contributed by atoms with van der Waals surface area (Å²) in [6.07, 6.45) is 2.20. The molecule has 3 heterocycles. The fourth-order valence-corrected chi connectivity index (χ4v) is 5.28. The predicted molar refractivity (Wildman–Crippen MR) is 147 cm³/mol. The average Bonchev–Trinajstić information content (AvgIpc) is 3.49. The summed E-state index contributed by atoms with van der Waals surface area (Å²) in [4.78, 5) is 0. The molecule has 7 aromatic rings. The molecule has 0 radical (unpaired) electrons. The summed E-state index contributed by atoms with van der Waals surface area (Å²) < 4.78 is 8.39. The first-order valence-corrected chi connectivity index (χ1v) is 12.3. The molecule has 174 valence electrons. The van der Waals surface area contributed by atoms with E-state index in [-0.39, 0.29) is 5.41 Å². The molecule has 4 heteroatoms. The number of benzene rings is 4. The molecule has 0 aliphatic heterocycles. The van der Waals surface area contributed by atoms with Crippen LogP contribution in [0.1, 0.15) is 26.3 Å². The van der Waals surface area contributed by atoms with E-state index < -0.39 is 0 Å². The molecule has 0 N–H and O–H groups in total.